The van der Waals surface area contributed by atoms with E-state index in [0.717, 1.165) is 36.4 Å². The van der Waals surface area contributed by atoms with Crippen molar-refractivity contribution in [2.75, 3.05) is 10.6 Å². The van der Waals surface area contributed by atoms with E-state index in [2.05, 4.69) is 10.6 Å². The van der Waals surface area contributed by atoms with Crippen LogP contribution in [0.4, 0.5) is 11.4 Å². The van der Waals surface area contributed by atoms with Crippen molar-refractivity contribution in [3.8, 4) is 34.5 Å². The van der Waals surface area contributed by atoms with E-state index in [-0.39, 0.29) is 44.4 Å². The second kappa shape index (κ2) is 11.2. The van der Waals surface area contributed by atoms with Crippen molar-refractivity contribution in [1.82, 2.24) is 0 Å². The van der Waals surface area contributed by atoms with Crippen LogP contribution in [0.15, 0.2) is 82.0 Å². The zero-order valence-electron chi connectivity index (χ0n) is 21.9. The Labute approximate surface area is 241 Å². The van der Waals surface area contributed by atoms with Crippen molar-refractivity contribution in [3.05, 3.63) is 94.2 Å². The molecule has 0 spiro atoms. The predicted octanol–water partition coefficient (Wildman–Crippen LogP) is 4.48. The lowest BCUT2D eigenvalue weighted by Crippen LogP contribution is -2.10. The van der Waals surface area contributed by atoms with Gasteiger partial charge in [-0.05, 0) is 83.9 Å². The van der Waals surface area contributed by atoms with Crippen LogP contribution in [0.3, 0.4) is 0 Å². The first-order chi connectivity index (χ1) is 20.5. The Balaban J connectivity index is 1.34. The first kappa shape index (κ1) is 28.1. The van der Waals surface area contributed by atoms with Crippen LogP contribution < -0.4 is 16.1 Å². The van der Waals surface area contributed by atoms with Crippen molar-refractivity contribution < 1.29 is 44.6 Å². The number of benzene rings is 4. The van der Waals surface area contributed by atoms with E-state index < -0.39 is 51.7 Å². The van der Waals surface area contributed by atoms with Crippen molar-refractivity contribution in [3.63, 3.8) is 0 Å². The molecule has 12 heteroatoms. The van der Waals surface area contributed by atoms with E-state index in [9.17, 15) is 45.0 Å². The van der Waals surface area contributed by atoms with Gasteiger partial charge in [0.2, 0.25) is 17.2 Å². The van der Waals surface area contributed by atoms with E-state index in [1.54, 1.807) is 0 Å². The normalized spacial score (nSPS) is 11.4. The van der Waals surface area contributed by atoms with Gasteiger partial charge in [-0.25, -0.2) is 0 Å². The molecular weight excluding hydrogens is 560 g/mol. The Morgan fingerprint density at radius 1 is 0.581 bits per heavy atom. The number of amides is 2. The summed E-state index contributed by atoms with van der Waals surface area (Å²) in [5, 5.41) is 62.8. The van der Waals surface area contributed by atoms with E-state index in [1.807, 2.05) is 0 Å². The van der Waals surface area contributed by atoms with Crippen LogP contribution in [0.2, 0.25) is 0 Å². The van der Waals surface area contributed by atoms with Crippen molar-refractivity contribution in [2.24, 2.45) is 0 Å². The number of carbonyl (C=O) groups is 2. The van der Waals surface area contributed by atoms with Crippen LogP contribution in [0.25, 0.3) is 34.1 Å². The number of anilines is 2. The van der Waals surface area contributed by atoms with Gasteiger partial charge in [0.1, 0.15) is 11.2 Å². The summed E-state index contributed by atoms with van der Waals surface area (Å²) in [5.74, 6) is -4.71. The number of nitrogens with one attached hydrogen (secondary N) is 2. The van der Waals surface area contributed by atoms with Gasteiger partial charge in [0.25, 0.3) is 0 Å². The van der Waals surface area contributed by atoms with Gasteiger partial charge in [0.15, 0.2) is 34.5 Å². The standard InChI is InChI=1S/C31H22N2O10/c34-21-9-15(10-22(35)30(21)41)1-7-27(38)32-17-3-5-25-19(13-17)29(40)20-14-18(4-6-26(20)43-25)33-28(39)8-2-16-11-23(36)31(42)24(37)12-16/h1-14,34-37,41-42H,(H,32,38)(H,33,39)/b7-1+,8-2+. The average molecular weight is 583 g/mol. The highest BCUT2D eigenvalue weighted by atomic mass is 16.3. The van der Waals surface area contributed by atoms with Crippen molar-refractivity contribution >= 4 is 57.3 Å². The molecule has 8 N–H and O–H groups in total. The Morgan fingerprint density at radius 3 is 1.33 bits per heavy atom. The molecule has 0 aliphatic heterocycles. The fourth-order valence-corrected chi connectivity index (χ4v) is 4.17. The lowest BCUT2D eigenvalue weighted by Gasteiger charge is -2.07. The molecule has 5 rings (SSSR count). The summed E-state index contributed by atoms with van der Waals surface area (Å²) >= 11 is 0. The lowest BCUT2D eigenvalue weighted by atomic mass is 10.1. The fourth-order valence-electron chi connectivity index (χ4n) is 4.17. The van der Waals surface area contributed by atoms with Crippen LogP contribution in [-0.2, 0) is 9.59 Å². The van der Waals surface area contributed by atoms with Crippen molar-refractivity contribution in [1.29, 1.82) is 0 Å². The fraction of sp³-hybridized carbons (Fsp3) is 0. The van der Waals surface area contributed by atoms with Gasteiger partial charge in [-0.15, -0.1) is 0 Å². The molecule has 43 heavy (non-hydrogen) atoms. The predicted molar refractivity (Wildman–Crippen MR) is 158 cm³/mol. The van der Waals surface area contributed by atoms with E-state index in [1.165, 1.54) is 48.6 Å². The van der Waals surface area contributed by atoms with E-state index >= 15 is 0 Å². The van der Waals surface area contributed by atoms with E-state index in [0.29, 0.717) is 0 Å². The molecule has 2 amide bonds. The number of aromatic hydroxyl groups is 6. The third-order valence-electron chi connectivity index (χ3n) is 6.24. The van der Waals surface area contributed by atoms with Gasteiger partial charge < -0.3 is 45.7 Å². The highest BCUT2D eigenvalue weighted by molar-refractivity contribution is 6.04. The van der Waals surface area contributed by atoms with Crippen LogP contribution in [0.5, 0.6) is 34.5 Å². The Bertz CT molecular complexity index is 1870. The molecule has 4 aromatic carbocycles. The molecule has 0 saturated heterocycles. The third kappa shape index (κ3) is 6.02. The van der Waals surface area contributed by atoms with E-state index in [4.69, 9.17) is 4.42 Å². The molecule has 5 aromatic rings. The van der Waals surface area contributed by atoms with Crippen LogP contribution >= 0.6 is 0 Å². The maximum atomic E-state index is 13.3. The summed E-state index contributed by atoms with van der Waals surface area (Å²) in [6.07, 6.45) is 4.88. The summed E-state index contributed by atoms with van der Waals surface area (Å²) in [4.78, 5) is 38.2. The number of fused-ring (bicyclic) bond motifs is 2. The maximum Gasteiger partial charge on any atom is 0.248 e. The number of hydrogen-bond donors (Lipinski definition) is 8. The molecule has 1 heterocycles. The zero-order chi connectivity index (χ0) is 30.8. The summed E-state index contributed by atoms with van der Waals surface area (Å²) in [5.41, 5.74) is 1.19. The van der Waals surface area contributed by atoms with Gasteiger partial charge in [-0.1, -0.05) is 0 Å². The first-order valence-corrected chi connectivity index (χ1v) is 12.5. The smallest absolute Gasteiger partial charge is 0.248 e. The lowest BCUT2D eigenvalue weighted by molar-refractivity contribution is -0.112. The minimum Gasteiger partial charge on any atom is -0.504 e. The topological polar surface area (TPSA) is 210 Å². The quantitative estimate of drug-likeness (QED) is 0.0799. The molecule has 0 radical (unpaired) electrons. The molecular formula is C31H22N2O10. The number of phenols is 6. The highest BCUT2D eigenvalue weighted by Gasteiger charge is 2.12. The SMILES string of the molecule is O=C(/C=C/c1cc(O)c(O)c(O)c1)Nc1ccc2oc3ccc(NC(=O)/C=C/c4cc(O)c(O)c(O)c4)cc3c(=O)c2c1. The molecule has 0 fully saturated rings. The number of phenolic OH excluding ortho intramolecular Hbond substituents is 6. The average Bonchev–Trinajstić information content (AvgIpc) is 2.97. The van der Waals surface area contributed by atoms with Crippen molar-refractivity contribution in [2.45, 2.75) is 0 Å². The summed E-state index contributed by atoms with van der Waals surface area (Å²) < 4.78 is 5.83. The zero-order valence-corrected chi connectivity index (χ0v) is 21.9. The summed E-state index contributed by atoms with van der Waals surface area (Å²) in [7, 11) is 0. The highest BCUT2D eigenvalue weighted by Crippen LogP contribution is 2.36. The molecule has 216 valence electrons. The van der Waals surface area contributed by atoms with Gasteiger partial charge in [-0.2, -0.15) is 0 Å². The number of hydrogen-bond acceptors (Lipinski definition) is 10. The molecule has 0 saturated carbocycles. The molecule has 0 atom stereocenters. The van der Waals surface area contributed by atoms with Gasteiger partial charge in [0.05, 0.1) is 10.8 Å². The van der Waals surface area contributed by atoms with Crippen LogP contribution in [0.1, 0.15) is 11.1 Å². The van der Waals surface area contributed by atoms with Gasteiger partial charge in [-0.3, -0.25) is 14.4 Å². The molecule has 0 aliphatic rings. The van der Waals surface area contributed by atoms with Gasteiger partial charge in [0, 0.05) is 23.5 Å². The number of carbonyl (C=O) groups excluding carboxylic acids is 2. The summed E-state index contributed by atoms with van der Waals surface area (Å²) in [6.45, 7) is 0. The first-order valence-electron chi connectivity index (χ1n) is 12.5. The Hall–Kier alpha value is -6.43. The third-order valence-corrected chi connectivity index (χ3v) is 6.24. The minimum atomic E-state index is -0.676. The second-order valence-electron chi connectivity index (χ2n) is 9.31. The molecule has 12 nitrogen and oxygen atoms in total. The summed E-state index contributed by atoms with van der Waals surface area (Å²) in [6, 6.07) is 13.6. The molecule has 0 aliphatic carbocycles. The van der Waals surface area contributed by atoms with Gasteiger partial charge >= 0.3 is 0 Å². The Kier molecular flexibility index (Phi) is 7.33. The van der Waals surface area contributed by atoms with Crippen LogP contribution in [-0.4, -0.2) is 42.5 Å². The minimum absolute atomic E-state index is 0.165. The molecule has 0 bridgehead atoms. The largest absolute Gasteiger partial charge is 0.504 e. The number of rotatable bonds is 6. The molecule has 1 aromatic heterocycles. The maximum absolute atomic E-state index is 13.3. The van der Waals surface area contributed by atoms with Crippen LogP contribution in [0, 0.1) is 0 Å². The monoisotopic (exact) mass is 582 g/mol. The second-order valence-corrected chi connectivity index (χ2v) is 9.31. The molecule has 0 unspecified atom stereocenters. The Morgan fingerprint density at radius 2 is 0.953 bits per heavy atom.